The van der Waals surface area contributed by atoms with Crippen molar-refractivity contribution in [2.75, 3.05) is 0 Å². The van der Waals surface area contributed by atoms with Crippen LogP contribution in [0.3, 0.4) is 0 Å². The van der Waals surface area contributed by atoms with Crippen molar-refractivity contribution in [2.45, 2.75) is 0 Å². The maximum Gasteiger partial charge on any atom is 1.00 e. The summed E-state index contributed by atoms with van der Waals surface area (Å²) in [7, 11) is 0. The molecule has 0 aromatic heterocycles. The molecule has 0 spiro atoms. The van der Waals surface area contributed by atoms with E-state index in [1.54, 1.807) is 42.5 Å². The molecule has 0 saturated carbocycles. The fraction of sp³-hybridized carbons (Fsp3) is 0. The van der Waals surface area contributed by atoms with Gasteiger partial charge in [-0.2, -0.15) is 10.5 Å². The van der Waals surface area contributed by atoms with Crippen LogP contribution in [0.15, 0.2) is 71.6 Å². The summed E-state index contributed by atoms with van der Waals surface area (Å²) in [5.74, 6) is -1.27. The summed E-state index contributed by atoms with van der Waals surface area (Å²) in [6.07, 6.45) is 1.30. The van der Waals surface area contributed by atoms with Crippen molar-refractivity contribution in [1.82, 2.24) is 5.32 Å². The van der Waals surface area contributed by atoms with E-state index in [9.17, 15) is 20.0 Å². The molecule has 0 aliphatic carbocycles. The number of hydrogen-bond acceptors (Lipinski definition) is 6. The Hall–Kier alpha value is -2.79. The number of nitrogens with zero attached hydrogens (tertiary/aromatic N) is 3. The number of aliphatic hydroxyl groups is 1. The SMILES string of the molecule is N#CC(C#N)=C(O)/C(=C/c1ccc([N+](=O)[O-])cc1)NC(=O)c1ccccc1.[K+]. The number of benzene rings is 2. The Morgan fingerprint density at radius 3 is 2.14 bits per heavy atom. The van der Waals surface area contributed by atoms with E-state index >= 15 is 0 Å². The van der Waals surface area contributed by atoms with Crippen LogP contribution in [0.25, 0.3) is 6.08 Å². The summed E-state index contributed by atoms with van der Waals surface area (Å²) in [5.41, 5.74) is -0.190. The fourth-order valence-electron chi connectivity index (χ4n) is 2.07. The Labute approximate surface area is 203 Å². The smallest absolute Gasteiger partial charge is 0.504 e. The second kappa shape index (κ2) is 11.1. The first-order chi connectivity index (χ1) is 13.0. The zero-order chi connectivity index (χ0) is 19.8. The normalized spacial score (nSPS) is 9.86. The van der Waals surface area contributed by atoms with Crippen LogP contribution >= 0.6 is 0 Å². The number of amides is 1. The molecule has 2 aromatic carbocycles. The van der Waals surface area contributed by atoms with Gasteiger partial charge in [0.2, 0.25) is 0 Å². The van der Waals surface area contributed by atoms with Gasteiger partial charge in [-0.05, 0) is 35.9 Å². The van der Waals surface area contributed by atoms with Gasteiger partial charge in [0.15, 0.2) is 11.3 Å². The Morgan fingerprint density at radius 1 is 1.07 bits per heavy atom. The summed E-state index contributed by atoms with van der Waals surface area (Å²) < 4.78 is 0. The topological polar surface area (TPSA) is 140 Å². The number of nitro groups is 1. The van der Waals surface area contributed by atoms with Gasteiger partial charge in [0.1, 0.15) is 12.1 Å². The molecule has 0 radical (unpaired) electrons. The van der Waals surface area contributed by atoms with Crippen LogP contribution in [0.4, 0.5) is 5.69 Å². The van der Waals surface area contributed by atoms with Crippen molar-refractivity contribution in [3.8, 4) is 12.1 Å². The van der Waals surface area contributed by atoms with Crippen LogP contribution in [-0.2, 0) is 0 Å². The maximum absolute atomic E-state index is 12.4. The molecule has 0 fully saturated rings. The largest absolute Gasteiger partial charge is 1.00 e. The van der Waals surface area contributed by atoms with Crippen LogP contribution < -0.4 is 56.7 Å². The van der Waals surface area contributed by atoms with Gasteiger partial charge in [0.05, 0.1) is 10.6 Å². The van der Waals surface area contributed by atoms with E-state index < -0.39 is 22.2 Å². The second-order valence-electron chi connectivity index (χ2n) is 5.17. The van der Waals surface area contributed by atoms with E-state index in [-0.39, 0.29) is 62.8 Å². The first-order valence-corrected chi connectivity index (χ1v) is 7.52. The molecule has 0 bridgehead atoms. The number of carbonyl (C=O) groups is 1. The monoisotopic (exact) mass is 399 g/mol. The van der Waals surface area contributed by atoms with E-state index in [0.29, 0.717) is 11.1 Å². The van der Waals surface area contributed by atoms with Crippen LogP contribution in [0.2, 0.25) is 0 Å². The number of nitriles is 2. The van der Waals surface area contributed by atoms with E-state index in [0.717, 1.165) is 0 Å². The molecule has 8 nitrogen and oxygen atoms in total. The van der Waals surface area contributed by atoms with Gasteiger partial charge in [-0.1, -0.05) is 18.2 Å². The standard InChI is InChI=1S/C19H12N4O4.K/c20-11-15(12-21)18(24)17(22-19(25)14-4-2-1-3-5-14)10-13-6-8-16(9-7-13)23(26)27;/h1-10,24H,(H,22,25);/q;+1/b17-10-;. The van der Waals surface area contributed by atoms with Crippen molar-refractivity contribution in [2.24, 2.45) is 0 Å². The number of hydrogen-bond donors (Lipinski definition) is 2. The summed E-state index contributed by atoms with van der Waals surface area (Å²) in [6.45, 7) is 0. The predicted octanol–water partition coefficient (Wildman–Crippen LogP) is 0.229. The summed E-state index contributed by atoms with van der Waals surface area (Å²) in [6, 6.07) is 16.5. The number of allylic oxidation sites excluding steroid dienone is 1. The van der Waals surface area contributed by atoms with Gasteiger partial charge in [0, 0.05) is 17.7 Å². The number of aliphatic hydroxyl groups excluding tert-OH is 1. The fourth-order valence-corrected chi connectivity index (χ4v) is 2.07. The maximum atomic E-state index is 12.4. The van der Waals surface area contributed by atoms with E-state index in [4.69, 9.17) is 10.5 Å². The van der Waals surface area contributed by atoms with Crippen LogP contribution in [0, 0.1) is 32.8 Å². The zero-order valence-electron chi connectivity index (χ0n) is 14.8. The van der Waals surface area contributed by atoms with Crippen LogP contribution in [-0.4, -0.2) is 15.9 Å². The predicted molar refractivity (Wildman–Crippen MR) is 95.9 cm³/mol. The minimum atomic E-state index is -0.706. The van der Waals surface area contributed by atoms with Crippen molar-refractivity contribution < 1.29 is 66.2 Å². The van der Waals surface area contributed by atoms with Gasteiger partial charge in [-0.3, -0.25) is 14.9 Å². The number of rotatable bonds is 5. The molecule has 9 heteroatoms. The van der Waals surface area contributed by atoms with Gasteiger partial charge >= 0.3 is 51.4 Å². The third-order valence-corrected chi connectivity index (χ3v) is 3.41. The molecule has 0 aliphatic heterocycles. The first kappa shape index (κ1) is 23.2. The minimum absolute atomic E-state index is 0. The van der Waals surface area contributed by atoms with Crippen LogP contribution in [0.5, 0.6) is 0 Å². The molecule has 2 rings (SSSR count). The van der Waals surface area contributed by atoms with Crippen molar-refractivity contribution in [1.29, 1.82) is 10.5 Å². The third-order valence-electron chi connectivity index (χ3n) is 3.41. The molecule has 0 heterocycles. The van der Waals surface area contributed by atoms with E-state index in [1.807, 2.05) is 0 Å². The van der Waals surface area contributed by atoms with Gasteiger partial charge in [-0.25, -0.2) is 0 Å². The van der Waals surface area contributed by atoms with Crippen LogP contribution in [0.1, 0.15) is 15.9 Å². The molecule has 28 heavy (non-hydrogen) atoms. The average Bonchev–Trinajstić information content (AvgIpc) is 2.69. The Bertz CT molecular complexity index is 1000. The molecule has 0 saturated heterocycles. The number of nitro benzene ring substituents is 1. The van der Waals surface area contributed by atoms with Crippen molar-refractivity contribution >= 4 is 17.7 Å². The Morgan fingerprint density at radius 2 is 1.64 bits per heavy atom. The van der Waals surface area contributed by atoms with Gasteiger partial charge < -0.3 is 10.4 Å². The molecule has 132 valence electrons. The van der Waals surface area contributed by atoms with Gasteiger partial charge in [-0.15, -0.1) is 0 Å². The number of nitrogens with one attached hydrogen (secondary N) is 1. The molecular formula is C19H12KN4O4+. The van der Waals surface area contributed by atoms with Crippen molar-refractivity contribution in [3.63, 3.8) is 0 Å². The number of carbonyl (C=O) groups excluding carboxylic acids is 1. The number of non-ortho nitro benzene ring substituents is 1. The van der Waals surface area contributed by atoms with Crippen molar-refractivity contribution in [3.05, 3.63) is 92.9 Å². The molecule has 0 unspecified atom stereocenters. The first-order valence-electron chi connectivity index (χ1n) is 7.52. The molecule has 2 N–H and O–H groups in total. The zero-order valence-corrected chi connectivity index (χ0v) is 17.9. The molecule has 0 atom stereocenters. The molecule has 1 amide bonds. The molecular weight excluding hydrogens is 387 g/mol. The summed E-state index contributed by atoms with van der Waals surface area (Å²) in [5, 5.41) is 41.3. The second-order valence-corrected chi connectivity index (χ2v) is 5.17. The molecule has 2 aromatic rings. The van der Waals surface area contributed by atoms with E-state index in [2.05, 4.69) is 5.32 Å². The minimum Gasteiger partial charge on any atom is -0.504 e. The van der Waals surface area contributed by atoms with Gasteiger partial charge in [0.25, 0.3) is 11.6 Å². The summed E-state index contributed by atoms with van der Waals surface area (Å²) in [4.78, 5) is 22.5. The van der Waals surface area contributed by atoms with E-state index in [1.165, 1.54) is 30.3 Å². The molecule has 0 aliphatic rings. The Kier molecular flexibility index (Phi) is 9.25. The Balaban J connectivity index is 0.00000392. The average molecular weight is 399 g/mol. The third kappa shape index (κ3) is 6.13. The quantitative estimate of drug-likeness (QED) is 0.184. The summed E-state index contributed by atoms with van der Waals surface area (Å²) >= 11 is 0.